The molecule has 10 nitrogen and oxygen atoms in total. The van der Waals surface area contributed by atoms with Crippen LogP contribution in [0.1, 0.15) is 42.6 Å². The Labute approximate surface area is 274 Å². The maximum Gasteiger partial charge on any atom is 0.416 e. The zero-order valence-electron chi connectivity index (χ0n) is 26.3. The molecule has 5 rings (SSSR count). The van der Waals surface area contributed by atoms with Gasteiger partial charge in [0, 0.05) is 26.6 Å². The third-order valence-corrected chi connectivity index (χ3v) is 10.4. The molecule has 1 fully saturated rings. The van der Waals surface area contributed by atoms with Gasteiger partial charge in [0.25, 0.3) is 10.0 Å². The van der Waals surface area contributed by atoms with E-state index in [0.29, 0.717) is 28.5 Å². The van der Waals surface area contributed by atoms with E-state index in [2.05, 4.69) is 22.4 Å². The zero-order valence-corrected chi connectivity index (χ0v) is 27.1. The van der Waals surface area contributed by atoms with E-state index in [1.54, 1.807) is 37.6 Å². The summed E-state index contributed by atoms with van der Waals surface area (Å²) in [6.07, 6.45) is -5.17. The molecule has 3 aromatic carbocycles. The molecule has 1 amide bonds. The van der Waals surface area contributed by atoms with E-state index in [1.165, 1.54) is 25.2 Å². The van der Waals surface area contributed by atoms with Crippen LogP contribution in [0, 0.1) is 36.7 Å². The Morgan fingerprint density at radius 3 is 2.42 bits per heavy atom. The molecule has 0 spiro atoms. The molecule has 4 atom stereocenters. The molecule has 15 heteroatoms. The standard InChI is InChI=1S/C33H32F4N4O6S/c1-5-47-22-15-24(30(32(43)44)25(16-22)31(42)39-27-12-8-20(14-26(27)34)33(35,36)37)19-6-9-21(10-7-19)41(4)48(45,46)23-11-13-29-28(17-23)38-18(2)40(29)3/h6-10,12,14,17,22,24-25,30H,5,15-16H2,1-4H3,(H,39,42)(H,43,44)/t22-,24-,25-,30-/m1/s1. The number of imidazole rings is 1. The number of benzene rings is 2. The molecule has 1 aliphatic rings. The van der Waals surface area contributed by atoms with Crippen molar-refractivity contribution in [3.05, 3.63) is 83.4 Å². The monoisotopic (exact) mass is 688 g/mol. The van der Waals surface area contributed by atoms with Gasteiger partial charge in [-0.1, -0.05) is 12.1 Å². The lowest BCUT2D eigenvalue weighted by molar-refractivity contribution is -0.151. The highest BCUT2D eigenvalue weighted by Gasteiger charge is 2.46. The summed E-state index contributed by atoms with van der Waals surface area (Å²) in [5.41, 5.74) is 0.0364. The van der Waals surface area contributed by atoms with Gasteiger partial charge in [-0.3, -0.25) is 13.9 Å². The molecular weight excluding hydrogens is 656 g/mol. The average Bonchev–Trinajstić information content (AvgIpc) is 3.32. The molecule has 48 heavy (non-hydrogen) atoms. The number of nitrogens with one attached hydrogen (secondary N) is 1. The van der Waals surface area contributed by atoms with Gasteiger partial charge in [-0.15, -0.1) is 0 Å². The summed E-state index contributed by atoms with van der Waals surface area (Å²) in [5, 5.41) is 12.6. The van der Waals surface area contributed by atoms with Crippen LogP contribution >= 0.6 is 0 Å². The van der Waals surface area contributed by atoms with Crippen LogP contribution in [0.3, 0.4) is 0 Å². The number of sulfonamides is 1. The number of carbonyl (C=O) groups excluding carboxylic acids is 1. The second-order valence-corrected chi connectivity index (χ2v) is 13.5. The Hall–Kier alpha value is -4.68. The molecule has 1 aliphatic carbocycles. The van der Waals surface area contributed by atoms with Crippen LogP contribution in [-0.2, 0) is 37.6 Å². The highest BCUT2D eigenvalue weighted by Crippen LogP contribution is 2.44. The largest absolute Gasteiger partial charge is 0.481 e. The van der Waals surface area contributed by atoms with Crippen molar-refractivity contribution in [1.82, 2.24) is 9.55 Å². The van der Waals surface area contributed by atoms with Crippen molar-refractivity contribution in [1.29, 1.82) is 0 Å². The molecule has 0 radical (unpaired) electrons. The number of carboxylic acid groups (broad SMARTS) is 1. The topological polar surface area (TPSA) is 131 Å². The van der Waals surface area contributed by atoms with Gasteiger partial charge in [-0.25, -0.2) is 17.8 Å². The number of nitrogens with zero attached hydrogens (tertiary/aromatic N) is 3. The summed E-state index contributed by atoms with van der Waals surface area (Å²) < 4.78 is 89.2. The van der Waals surface area contributed by atoms with Crippen LogP contribution in [0.4, 0.5) is 28.9 Å². The number of hydrogen-bond acceptors (Lipinski definition) is 6. The van der Waals surface area contributed by atoms with Crippen LogP contribution in [0.25, 0.3) is 11.0 Å². The Kier molecular flexibility index (Phi) is 9.44. The fourth-order valence-corrected chi connectivity index (χ4v) is 7.24. The van der Waals surface area contributed by atoms with Crippen molar-refractivity contribution >= 4 is 44.3 Å². The number of halogens is 4. The molecule has 0 unspecified atom stereocenters. The van der Waals surface area contributed by atoms with Gasteiger partial charge >= 0.3 is 12.1 Å². The van der Waals surface area contributed by atoms with Crippen molar-refractivity contribution in [3.63, 3.8) is 0 Å². The SMILES string of the molecule is CCO[C@@H]1C[C@H](c2ccc(N(C)S(=O)(=O)c3c#cc4c(c3)nc(C)n4C)cc2)[C@@H](C(=O)O)[C@H](C(=O)Nc2ccc(C(F)(F)F)cc2F)C1. The zero-order chi connectivity index (χ0) is 35.1. The summed E-state index contributed by atoms with van der Waals surface area (Å²) in [6, 6.07) is 14.8. The number of ether oxygens (including phenoxy) is 1. The number of fused-ring (bicyclic) bond motifs is 1. The number of carboxylic acids is 1. The smallest absolute Gasteiger partial charge is 0.416 e. The van der Waals surface area contributed by atoms with E-state index in [1.807, 2.05) is 0 Å². The minimum Gasteiger partial charge on any atom is -0.481 e. The van der Waals surface area contributed by atoms with Gasteiger partial charge in [0.1, 0.15) is 22.1 Å². The summed E-state index contributed by atoms with van der Waals surface area (Å²) in [5.74, 6) is -6.17. The number of aromatic nitrogens is 2. The van der Waals surface area contributed by atoms with Crippen molar-refractivity contribution in [3.8, 4) is 0 Å². The molecule has 1 aromatic heterocycles. The van der Waals surface area contributed by atoms with Gasteiger partial charge in [0.15, 0.2) is 0 Å². The molecule has 4 aromatic rings. The number of carbonyl (C=O) groups is 2. The van der Waals surface area contributed by atoms with Crippen LogP contribution in [0.15, 0.2) is 53.4 Å². The Bertz CT molecular complexity index is 1960. The van der Waals surface area contributed by atoms with Gasteiger partial charge in [0.2, 0.25) is 5.91 Å². The first-order valence-corrected chi connectivity index (χ1v) is 16.3. The average molecular weight is 689 g/mol. The molecule has 1 heterocycles. The van der Waals surface area contributed by atoms with Crippen molar-refractivity contribution in [2.45, 2.75) is 49.8 Å². The molecule has 2 N–H and O–H groups in total. The first-order valence-electron chi connectivity index (χ1n) is 14.9. The van der Waals surface area contributed by atoms with Crippen molar-refractivity contribution in [2.24, 2.45) is 18.9 Å². The Balaban J connectivity index is 1.41. The number of aryl methyl sites for hydroxylation is 2. The van der Waals surface area contributed by atoms with E-state index < -0.39 is 69.0 Å². The summed E-state index contributed by atoms with van der Waals surface area (Å²) in [4.78, 5) is 30.3. The summed E-state index contributed by atoms with van der Waals surface area (Å²) in [7, 11) is -0.952. The van der Waals surface area contributed by atoms with E-state index in [0.717, 1.165) is 10.4 Å². The minimum atomic E-state index is -4.79. The van der Waals surface area contributed by atoms with Gasteiger partial charge in [0.05, 0.1) is 40.4 Å². The maximum absolute atomic E-state index is 14.6. The van der Waals surface area contributed by atoms with E-state index >= 15 is 0 Å². The third kappa shape index (κ3) is 6.67. The Morgan fingerprint density at radius 2 is 1.81 bits per heavy atom. The van der Waals surface area contributed by atoms with Gasteiger partial charge in [-0.2, -0.15) is 13.2 Å². The molecule has 0 aliphatic heterocycles. The molecule has 1 saturated carbocycles. The summed E-state index contributed by atoms with van der Waals surface area (Å²) >= 11 is 0. The number of alkyl halides is 3. The second-order valence-electron chi connectivity index (χ2n) is 11.6. The lowest BCUT2D eigenvalue weighted by Gasteiger charge is -2.39. The molecule has 254 valence electrons. The highest BCUT2D eigenvalue weighted by molar-refractivity contribution is 7.92. The summed E-state index contributed by atoms with van der Waals surface area (Å²) in [6.45, 7) is 3.77. The fourth-order valence-electron chi connectivity index (χ4n) is 6.11. The predicted octanol–water partition coefficient (Wildman–Crippen LogP) is 5.70. The maximum atomic E-state index is 14.6. The molecule has 0 saturated heterocycles. The number of rotatable bonds is 9. The van der Waals surface area contributed by atoms with Crippen LogP contribution < -0.4 is 9.62 Å². The number of anilines is 2. The first kappa shape index (κ1) is 34.6. The van der Waals surface area contributed by atoms with E-state index in [9.17, 15) is 40.7 Å². The highest BCUT2D eigenvalue weighted by atomic mass is 32.2. The van der Waals surface area contributed by atoms with E-state index in [-0.39, 0.29) is 36.1 Å². The lowest BCUT2D eigenvalue weighted by Crippen LogP contribution is -2.45. The quantitative estimate of drug-likeness (QED) is 0.216. The van der Waals surface area contributed by atoms with Crippen molar-refractivity contribution < 1.29 is 45.4 Å². The lowest BCUT2D eigenvalue weighted by atomic mass is 9.67. The van der Waals surface area contributed by atoms with Gasteiger partial charge in [-0.05, 0) is 80.8 Å². The van der Waals surface area contributed by atoms with Crippen LogP contribution in [0.5, 0.6) is 0 Å². The minimum absolute atomic E-state index is 0.0257. The third-order valence-electron chi connectivity index (χ3n) is 8.72. The molecule has 0 bridgehead atoms. The first-order chi connectivity index (χ1) is 22.5. The number of aliphatic carboxylic acids is 1. The number of amides is 1. The predicted molar refractivity (Wildman–Crippen MR) is 167 cm³/mol. The van der Waals surface area contributed by atoms with Gasteiger partial charge < -0.3 is 19.7 Å². The van der Waals surface area contributed by atoms with E-state index in [4.69, 9.17) is 4.74 Å². The number of hydrogen-bond donors (Lipinski definition) is 2. The van der Waals surface area contributed by atoms with Crippen LogP contribution in [-0.4, -0.2) is 54.7 Å². The van der Waals surface area contributed by atoms with Crippen LogP contribution in [0.2, 0.25) is 0 Å². The fraction of sp³-hybridized carbons (Fsp3) is 0.364. The normalized spacial score (nSPS) is 19.9. The van der Waals surface area contributed by atoms with Crippen molar-refractivity contribution in [2.75, 3.05) is 23.3 Å². The second kappa shape index (κ2) is 13.1. The Morgan fingerprint density at radius 1 is 1.12 bits per heavy atom. The molecular formula is C33H32F4N4O6S.